The van der Waals surface area contributed by atoms with Gasteiger partial charge in [-0.05, 0) is 18.4 Å². The number of carbonyl (C=O) groups excluding carboxylic acids is 1. The van der Waals surface area contributed by atoms with Crippen LogP contribution in [0.15, 0.2) is 12.1 Å². The highest BCUT2D eigenvalue weighted by Crippen LogP contribution is 2.26. The lowest BCUT2D eigenvalue weighted by molar-refractivity contribution is -0.384. The van der Waals surface area contributed by atoms with Crippen LogP contribution in [-0.4, -0.2) is 29.1 Å². The molecule has 0 saturated heterocycles. The normalized spacial score (nSPS) is 11.9. The largest absolute Gasteiger partial charge is 0.396 e. The first-order valence-electron chi connectivity index (χ1n) is 5.99. The highest BCUT2D eigenvalue weighted by Gasteiger charge is 2.21. The van der Waals surface area contributed by atoms with Crippen LogP contribution in [0.5, 0.6) is 0 Å². The highest BCUT2D eigenvalue weighted by molar-refractivity contribution is 6.01. The lowest BCUT2D eigenvalue weighted by atomic mass is 10.1. The Labute approximate surface area is 114 Å². The van der Waals surface area contributed by atoms with E-state index in [2.05, 4.69) is 5.32 Å². The van der Waals surface area contributed by atoms with Gasteiger partial charge in [0.25, 0.3) is 11.6 Å². The van der Waals surface area contributed by atoms with E-state index in [4.69, 9.17) is 10.8 Å². The minimum absolute atomic E-state index is 0.00931. The van der Waals surface area contributed by atoms with Crippen LogP contribution >= 0.6 is 0 Å². The van der Waals surface area contributed by atoms with Gasteiger partial charge in [-0.25, -0.2) is 4.39 Å². The van der Waals surface area contributed by atoms with Crippen molar-refractivity contribution in [2.45, 2.75) is 13.3 Å². The number of anilines is 1. The van der Waals surface area contributed by atoms with Gasteiger partial charge in [0.1, 0.15) is 11.5 Å². The maximum absolute atomic E-state index is 13.3. The molecule has 0 aromatic heterocycles. The summed E-state index contributed by atoms with van der Waals surface area (Å²) in [5.74, 6) is -1.57. The second-order valence-electron chi connectivity index (χ2n) is 4.47. The summed E-state index contributed by atoms with van der Waals surface area (Å²) in [6.45, 7) is 2.06. The van der Waals surface area contributed by atoms with Crippen molar-refractivity contribution in [1.82, 2.24) is 5.32 Å². The number of nitro benzene ring substituents is 1. The van der Waals surface area contributed by atoms with Crippen molar-refractivity contribution < 1.29 is 19.2 Å². The summed E-state index contributed by atoms with van der Waals surface area (Å²) in [5, 5.41) is 21.9. The van der Waals surface area contributed by atoms with Gasteiger partial charge in [-0.1, -0.05) is 6.92 Å². The Bertz CT molecular complexity index is 522. The van der Waals surface area contributed by atoms with Crippen LogP contribution in [0.4, 0.5) is 15.8 Å². The SMILES string of the molecule is CC(CCO)CNC(=O)c1cc(F)cc([N+](=O)[O-])c1N. The minimum Gasteiger partial charge on any atom is -0.396 e. The lowest BCUT2D eigenvalue weighted by Crippen LogP contribution is -2.29. The maximum atomic E-state index is 13.3. The smallest absolute Gasteiger partial charge is 0.295 e. The molecule has 0 aliphatic rings. The Morgan fingerprint density at radius 2 is 2.25 bits per heavy atom. The second-order valence-corrected chi connectivity index (χ2v) is 4.47. The lowest BCUT2D eigenvalue weighted by Gasteiger charge is -2.12. The zero-order chi connectivity index (χ0) is 15.3. The zero-order valence-electron chi connectivity index (χ0n) is 10.9. The number of nitrogens with zero attached hydrogens (tertiary/aromatic N) is 1. The third kappa shape index (κ3) is 3.89. The van der Waals surface area contributed by atoms with Crippen LogP contribution in [0.3, 0.4) is 0 Å². The number of halogens is 1. The molecule has 0 spiro atoms. The fraction of sp³-hybridized carbons (Fsp3) is 0.417. The van der Waals surface area contributed by atoms with Crippen molar-refractivity contribution in [3.63, 3.8) is 0 Å². The number of nitrogens with one attached hydrogen (secondary N) is 1. The summed E-state index contributed by atoms with van der Waals surface area (Å²) in [6, 6.07) is 1.52. The van der Waals surface area contributed by atoms with Crippen LogP contribution in [0.2, 0.25) is 0 Å². The number of aliphatic hydroxyl groups excluding tert-OH is 1. The summed E-state index contributed by atoms with van der Waals surface area (Å²) in [6.07, 6.45) is 0.499. The van der Waals surface area contributed by atoms with E-state index in [-0.39, 0.29) is 30.3 Å². The molecule has 1 rings (SSSR count). The summed E-state index contributed by atoms with van der Waals surface area (Å²) >= 11 is 0. The first kappa shape index (κ1) is 15.8. The molecule has 20 heavy (non-hydrogen) atoms. The molecule has 0 radical (unpaired) electrons. The van der Waals surface area contributed by atoms with Crippen molar-refractivity contribution >= 4 is 17.3 Å². The van der Waals surface area contributed by atoms with Crippen molar-refractivity contribution in [3.8, 4) is 0 Å². The van der Waals surface area contributed by atoms with Crippen LogP contribution in [0.1, 0.15) is 23.7 Å². The number of rotatable bonds is 6. The van der Waals surface area contributed by atoms with Crippen LogP contribution in [0.25, 0.3) is 0 Å². The number of aliphatic hydroxyl groups is 1. The fourth-order valence-corrected chi connectivity index (χ4v) is 1.63. The molecule has 0 fully saturated rings. The molecule has 0 saturated carbocycles. The highest BCUT2D eigenvalue weighted by atomic mass is 19.1. The van der Waals surface area contributed by atoms with E-state index >= 15 is 0 Å². The number of nitrogens with two attached hydrogens (primary N) is 1. The third-order valence-electron chi connectivity index (χ3n) is 2.80. The quantitative estimate of drug-likeness (QED) is 0.410. The molecule has 1 aromatic rings. The minimum atomic E-state index is -0.903. The van der Waals surface area contributed by atoms with E-state index in [0.29, 0.717) is 12.5 Å². The van der Waals surface area contributed by atoms with Gasteiger partial charge in [-0.3, -0.25) is 14.9 Å². The molecule has 0 aliphatic carbocycles. The second kappa shape index (κ2) is 6.80. The van der Waals surface area contributed by atoms with E-state index in [1.165, 1.54) is 0 Å². The molecule has 1 aromatic carbocycles. The van der Waals surface area contributed by atoms with Gasteiger partial charge in [-0.15, -0.1) is 0 Å². The summed E-state index contributed by atoms with van der Waals surface area (Å²) in [4.78, 5) is 21.7. The maximum Gasteiger partial charge on any atom is 0.295 e. The molecule has 1 unspecified atom stereocenters. The number of nitrogen functional groups attached to an aromatic ring is 1. The Hall–Kier alpha value is -2.22. The molecular formula is C12H16FN3O4. The topological polar surface area (TPSA) is 118 Å². The fourth-order valence-electron chi connectivity index (χ4n) is 1.63. The Morgan fingerprint density at radius 1 is 1.60 bits per heavy atom. The van der Waals surface area contributed by atoms with Crippen molar-refractivity contribution in [1.29, 1.82) is 0 Å². The number of hydrogen-bond acceptors (Lipinski definition) is 5. The van der Waals surface area contributed by atoms with Gasteiger partial charge >= 0.3 is 0 Å². The first-order chi connectivity index (χ1) is 9.36. The number of carbonyl (C=O) groups is 1. The van der Waals surface area contributed by atoms with Gasteiger partial charge in [0, 0.05) is 13.2 Å². The average molecular weight is 285 g/mol. The average Bonchev–Trinajstić information content (AvgIpc) is 2.38. The standard InChI is InChI=1S/C12H16FN3O4/c1-7(2-3-17)6-15-12(18)9-4-8(13)5-10(11(9)14)16(19)20/h4-5,7,17H,2-3,6,14H2,1H3,(H,15,18). The summed E-state index contributed by atoms with van der Waals surface area (Å²) < 4.78 is 13.3. The molecule has 0 heterocycles. The Kier molecular flexibility index (Phi) is 5.39. The zero-order valence-corrected chi connectivity index (χ0v) is 10.9. The van der Waals surface area contributed by atoms with Crippen LogP contribution in [-0.2, 0) is 0 Å². The molecule has 1 amide bonds. The van der Waals surface area contributed by atoms with Gasteiger partial charge in [0.05, 0.1) is 16.6 Å². The van der Waals surface area contributed by atoms with E-state index in [0.717, 1.165) is 6.07 Å². The molecule has 8 heteroatoms. The molecular weight excluding hydrogens is 269 g/mol. The summed E-state index contributed by atoms with van der Waals surface area (Å²) in [5.41, 5.74) is 4.23. The van der Waals surface area contributed by atoms with Gasteiger partial charge in [-0.2, -0.15) is 0 Å². The number of amides is 1. The monoisotopic (exact) mass is 285 g/mol. The Balaban J connectivity index is 2.90. The van der Waals surface area contributed by atoms with Crippen molar-refractivity contribution in [3.05, 3.63) is 33.6 Å². The van der Waals surface area contributed by atoms with E-state index < -0.39 is 22.3 Å². The molecule has 1 atom stereocenters. The molecule has 0 aliphatic heterocycles. The Morgan fingerprint density at radius 3 is 2.80 bits per heavy atom. The van der Waals surface area contributed by atoms with Crippen LogP contribution < -0.4 is 11.1 Å². The third-order valence-corrected chi connectivity index (χ3v) is 2.80. The van der Waals surface area contributed by atoms with E-state index in [1.54, 1.807) is 0 Å². The summed E-state index contributed by atoms with van der Waals surface area (Å²) in [7, 11) is 0. The molecule has 0 bridgehead atoms. The number of benzene rings is 1. The van der Waals surface area contributed by atoms with Crippen molar-refractivity contribution in [2.75, 3.05) is 18.9 Å². The first-order valence-corrected chi connectivity index (χ1v) is 5.99. The number of nitro groups is 1. The van der Waals surface area contributed by atoms with Crippen LogP contribution in [0, 0.1) is 21.8 Å². The van der Waals surface area contributed by atoms with E-state index in [1.807, 2.05) is 6.92 Å². The predicted molar refractivity (Wildman–Crippen MR) is 70.7 cm³/mol. The van der Waals surface area contributed by atoms with Gasteiger partial charge in [0.15, 0.2) is 0 Å². The predicted octanol–water partition coefficient (Wildman–Crippen LogP) is 1.06. The number of hydrogen-bond donors (Lipinski definition) is 3. The molecule has 7 nitrogen and oxygen atoms in total. The van der Waals surface area contributed by atoms with Crippen molar-refractivity contribution in [2.24, 2.45) is 5.92 Å². The molecule has 110 valence electrons. The van der Waals surface area contributed by atoms with E-state index in [9.17, 15) is 19.3 Å². The van der Waals surface area contributed by atoms with Gasteiger partial charge in [0.2, 0.25) is 0 Å². The van der Waals surface area contributed by atoms with Gasteiger partial charge < -0.3 is 16.2 Å². The molecule has 4 N–H and O–H groups in total.